The van der Waals surface area contributed by atoms with Crippen LogP contribution >= 0.6 is 23.2 Å². The number of hydrogen-bond acceptors (Lipinski definition) is 2. The number of hydrogen-bond donors (Lipinski definition) is 0. The molecule has 0 N–H and O–H groups in total. The molecular formula is C15H9Cl2NO. The molecule has 19 heavy (non-hydrogen) atoms. The summed E-state index contributed by atoms with van der Waals surface area (Å²) < 4.78 is 0. The molecule has 1 atom stereocenters. The first-order valence-electron chi connectivity index (χ1n) is 5.56. The minimum absolute atomic E-state index is 0.307. The Morgan fingerprint density at radius 1 is 1.05 bits per heavy atom. The Balaban J connectivity index is 2.40. The summed E-state index contributed by atoms with van der Waals surface area (Å²) in [6.07, 6.45) is 0. The molecule has 0 saturated heterocycles. The summed E-state index contributed by atoms with van der Waals surface area (Å²) >= 11 is 11.7. The van der Waals surface area contributed by atoms with Crippen LogP contribution in [0.25, 0.3) is 0 Å². The van der Waals surface area contributed by atoms with E-state index in [0.717, 1.165) is 0 Å². The van der Waals surface area contributed by atoms with E-state index >= 15 is 0 Å². The topological polar surface area (TPSA) is 40.9 Å². The Hall–Kier alpha value is -1.82. The molecule has 2 rings (SSSR count). The fourth-order valence-electron chi connectivity index (χ4n) is 1.79. The number of nitrogens with zero attached hydrogens (tertiary/aromatic N) is 1. The number of halogens is 2. The van der Waals surface area contributed by atoms with Gasteiger partial charge in [-0.3, -0.25) is 4.79 Å². The molecule has 0 aliphatic carbocycles. The summed E-state index contributed by atoms with van der Waals surface area (Å²) in [6.45, 7) is 0. The first kappa shape index (κ1) is 13.6. The smallest absolute Gasteiger partial charge is 0.184 e. The number of Topliss-reactive ketones (excluding diaryl/α,β-unsaturated/α-hetero) is 1. The second-order valence-corrected chi connectivity index (χ2v) is 4.87. The highest BCUT2D eigenvalue weighted by Crippen LogP contribution is 2.25. The third-order valence-electron chi connectivity index (χ3n) is 2.67. The monoisotopic (exact) mass is 289 g/mol. The van der Waals surface area contributed by atoms with Crippen molar-refractivity contribution in [1.29, 1.82) is 5.26 Å². The van der Waals surface area contributed by atoms with Gasteiger partial charge in [0.2, 0.25) is 0 Å². The number of rotatable bonds is 3. The lowest BCUT2D eigenvalue weighted by atomic mass is 9.92. The molecule has 2 nitrogen and oxygen atoms in total. The summed E-state index contributed by atoms with van der Waals surface area (Å²) in [5.74, 6) is -1.16. The van der Waals surface area contributed by atoms with Crippen molar-refractivity contribution < 1.29 is 4.79 Å². The normalized spacial score (nSPS) is 11.6. The lowest BCUT2D eigenvalue weighted by Gasteiger charge is -2.09. The first-order chi connectivity index (χ1) is 9.11. The van der Waals surface area contributed by atoms with Crippen molar-refractivity contribution in [3.63, 3.8) is 0 Å². The van der Waals surface area contributed by atoms with Crippen LogP contribution in [0.3, 0.4) is 0 Å². The zero-order valence-electron chi connectivity index (χ0n) is 9.81. The van der Waals surface area contributed by atoms with Gasteiger partial charge in [0.1, 0.15) is 5.92 Å². The molecule has 0 saturated carbocycles. The molecule has 0 bridgehead atoms. The van der Waals surface area contributed by atoms with E-state index in [2.05, 4.69) is 0 Å². The van der Waals surface area contributed by atoms with Crippen LogP contribution in [0.5, 0.6) is 0 Å². The molecule has 0 radical (unpaired) electrons. The average molecular weight is 290 g/mol. The zero-order valence-corrected chi connectivity index (χ0v) is 11.3. The largest absolute Gasteiger partial charge is 0.292 e. The van der Waals surface area contributed by atoms with Crippen LogP contribution in [-0.2, 0) is 0 Å². The fraction of sp³-hybridized carbons (Fsp3) is 0.0667. The second-order valence-electron chi connectivity index (χ2n) is 4.00. The van der Waals surface area contributed by atoms with Gasteiger partial charge in [0, 0.05) is 15.6 Å². The second kappa shape index (κ2) is 5.88. The molecular weight excluding hydrogens is 281 g/mol. The molecule has 0 aliphatic rings. The maximum atomic E-state index is 12.3. The van der Waals surface area contributed by atoms with E-state index < -0.39 is 5.92 Å². The van der Waals surface area contributed by atoms with E-state index in [1.54, 1.807) is 30.3 Å². The SMILES string of the molecule is N#CC(C(=O)c1cc(Cl)cc(Cl)c1)c1ccccc1. The third-order valence-corrected chi connectivity index (χ3v) is 3.11. The van der Waals surface area contributed by atoms with Gasteiger partial charge in [-0.05, 0) is 23.8 Å². The lowest BCUT2D eigenvalue weighted by molar-refractivity contribution is 0.0979. The lowest BCUT2D eigenvalue weighted by Crippen LogP contribution is -2.11. The van der Waals surface area contributed by atoms with Gasteiger partial charge in [-0.1, -0.05) is 53.5 Å². The quantitative estimate of drug-likeness (QED) is 0.782. The van der Waals surface area contributed by atoms with Gasteiger partial charge in [0.05, 0.1) is 6.07 Å². The summed E-state index contributed by atoms with van der Waals surface area (Å²) in [4.78, 5) is 12.3. The Bertz CT molecular complexity index is 627. The molecule has 0 fully saturated rings. The predicted octanol–water partition coefficient (Wildman–Crippen LogP) is 4.48. The molecule has 0 amide bonds. The minimum Gasteiger partial charge on any atom is -0.292 e. The Labute approximate surface area is 121 Å². The molecule has 0 heterocycles. The van der Waals surface area contributed by atoms with Crippen LogP contribution in [0.2, 0.25) is 10.0 Å². The highest BCUT2D eigenvalue weighted by Gasteiger charge is 2.22. The van der Waals surface area contributed by atoms with Crippen molar-refractivity contribution >= 4 is 29.0 Å². The van der Waals surface area contributed by atoms with Crippen molar-refractivity contribution in [3.8, 4) is 6.07 Å². The zero-order chi connectivity index (χ0) is 13.8. The van der Waals surface area contributed by atoms with Crippen molar-refractivity contribution in [1.82, 2.24) is 0 Å². The van der Waals surface area contributed by atoms with Crippen LogP contribution in [0.1, 0.15) is 21.8 Å². The van der Waals surface area contributed by atoms with Crippen molar-refractivity contribution in [3.05, 3.63) is 69.7 Å². The minimum atomic E-state index is -0.851. The van der Waals surface area contributed by atoms with E-state index in [1.807, 2.05) is 12.1 Å². The van der Waals surface area contributed by atoms with Gasteiger partial charge in [0.25, 0.3) is 0 Å². The van der Waals surface area contributed by atoms with Gasteiger partial charge >= 0.3 is 0 Å². The van der Waals surface area contributed by atoms with E-state index in [4.69, 9.17) is 23.2 Å². The van der Waals surface area contributed by atoms with Crippen molar-refractivity contribution in [2.75, 3.05) is 0 Å². The molecule has 0 spiro atoms. The van der Waals surface area contributed by atoms with Gasteiger partial charge < -0.3 is 0 Å². The highest BCUT2D eigenvalue weighted by molar-refractivity contribution is 6.35. The highest BCUT2D eigenvalue weighted by atomic mass is 35.5. The molecule has 0 aliphatic heterocycles. The van der Waals surface area contributed by atoms with Crippen LogP contribution in [0, 0.1) is 11.3 Å². The van der Waals surface area contributed by atoms with E-state index in [0.29, 0.717) is 21.2 Å². The number of carbonyl (C=O) groups excluding carboxylic acids is 1. The standard InChI is InChI=1S/C15H9Cl2NO/c16-12-6-11(7-13(17)8-12)15(19)14(9-18)10-4-2-1-3-5-10/h1-8,14H. The van der Waals surface area contributed by atoms with E-state index in [9.17, 15) is 10.1 Å². The molecule has 2 aromatic rings. The molecule has 2 aromatic carbocycles. The van der Waals surface area contributed by atoms with Gasteiger partial charge in [-0.15, -0.1) is 0 Å². The average Bonchev–Trinajstić information content (AvgIpc) is 2.39. The summed E-state index contributed by atoms with van der Waals surface area (Å²) in [5.41, 5.74) is 0.999. The van der Waals surface area contributed by atoms with Crippen LogP contribution in [-0.4, -0.2) is 5.78 Å². The predicted molar refractivity (Wildman–Crippen MR) is 75.6 cm³/mol. The third kappa shape index (κ3) is 3.14. The van der Waals surface area contributed by atoms with Gasteiger partial charge in [-0.25, -0.2) is 0 Å². The first-order valence-corrected chi connectivity index (χ1v) is 6.32. The maximum absolute atomic E-state index is 12.3. The van der Waals surface area contributed by atoms with E-state index in [1.165, 1.54) is 12.1 Å². The van der Waals surface area contributed by atoms with Crippen LogP contribution in [0.4, 0.5) is 0 Å². The summed E-state index contributed by atoms with van der Waals surface area (Å²) in [6, 6.07) is 15.5. The number of ketones is 1. The van der Waals surface area contributed by atoms with Gasteiger partial charge in [-0.2, -0.15) is 5.26 Å². The number of nitriles is 1. The molecule has 4 heteroatoms. The summed E-state index contributed by atoms with van der Waals surface area (Å²) in [7, 11) is 0. The molecule has 0 aromatic heterocycles. The summed E-state index contributed by atoms with van der Waals surface area (Å²) in [5, 5.41) is 9.96. The number of benzene rings is 2. The van der Waals surface area contributed by atoms with Gasteiger partial charge in [0.15, 0.2) is 5.78 Å². The van der Waals surface area contributed by atoms with E-state index in [-0.39, 0.29) is 5.78 Å². The van der Waals surface area contributed by atoms with Crippen molar-refractivity contribution in [2.24, 2.45) is 0 Å². The number of carbonyl (C=O) groups is 1. The maximum Gasteiger partial charge on any atom is 0.184 e. The van der Waals surface area contributed by atoms with Crippen LogP contribution < -0.4 is 0 Å². The Morgan fingerprint density at radius 3 is 2.16 bits per heavy atom. The van der Waals surface area contributed by atoms with Crippen molar-refractivity contribution in [2.45, 2.75) is 5.92 Å². The van der Waals surface area contributed by atoms with Crippen LogP contribution in [0.15, 0.2) is 48.5 Å². The Morgan fingerprint density at radius 2 is 1.63 bits per heavy atom. The molecule has 1 unspecified atom stereocenters. The molecule has 94 valence electrons. The Kier molecular flexibility index (Phi) is 4.21. The fourth-order valence-corrected chi connectivity index (χ4v) is 2.32.